The number of hydrogen-bond donors (Lipinski definition) is 1. The number of nitrogens with two attached hydrogens (primary N) is 1. The molecule has 0 saturated heterocycles. The highest BCUT2D eigenvalue weighted by atomic mass is 79.9. The Morgan fingerprint density at radius 3 is 2.78 bits per heavy atom. The zero-order chi connectivity index (χ0) is 13.3. The third-order valence-corrected chi connectivity index (χ3v) is 3.69. The number of carbonyl (C=O) groups is 1. The molecule has 1 aliphatic rings. The molecule has 1 amide bonds. The van der Waals surface area contributed by atoms with Crippen LogP contribution in [0.3, 0.4) is 0 Å². The number of halogens is 2. The van der Waals surface area contributed by atoms with Crippen molar-refractivity contribution in [2.24, 2.45) is 0 Å². The van der Waals surface area contributed by atoms with Crippen LogP contribution < -0.4 is 5.73 Å². The van der Waals surface area contributed by atoms with Gasteiger partial charge < -0.3 is 10.6 Å². The summed E-state index contributed by atoms with van der Waals surface area (Å²) < 4.78 is 13.7. The molecule has 0 bridgehead atoms. The minimum atomic E-state index is -0.508. The minimum absolute atomic E-state index is 0.00814. The van der Waals surface area contributed by atoms with Gasteiger partial charge in [0.15, 0.2) is 0 Å². The Hall–Kier alpha value is -1.10. The van der Waals surface area contributed by atoms with Crippen molar-refractivity contribution in [2.75, 3.05) is 12.3 Å². The Morgan fingerprint density at radius 1 is 1.56 bits per heavy atom. The van der Waals surface area contributed by atoms with E-state index < -0.39 is 5.82 Å². The van der Waals surface area contributed by atoms with Crippen LogP contribution in [-0.4, -0.2) is 23.4 Å². The van der Waals surface area contributed by atoms with Gasteiger partial charge in [0.1, 0.15) is 5.82 Å². The first-order chi connectivity index (χ1) is 8.54. The van der Waals surface area contributed by atoms with Crippen molar-refractivity contribution in [1.82, 2.24) is 4.90 Å². The van der Waals surface area contributed by atoms with Gasteiger partial charge in [0, 0.05) is 17.1 Å². The lowest BCUT2D eigenvalue weighted by Gasteiger charge is -2.22. The number of nitrogen functional groups attached to an aromatic ring is 1. The molecule has 0 spiro atoms. The van der Waals surface area contributed by atoms with Crippen molar-refractivity contribution >= 4 is 27.5 Å². The quantitative estimate of drug-likeness (QED) is 0.868. The lowest BCUT2D eigenvalue weighted by molar-refractivity contribution is 0.0742. The van der Waals surface area contributed by atoms with E-state index in [4.69, 9.17) is 5.73 Å². The van der Waals surface area contributed by atoms with Crippen molar-refractivity contribution in [3.63, 3.8) is 0 Å². The Kier molecular flexibility index (Phi) is 3.90. The number of amides is 1. The molecule has 0 radical (unpaired) electrons. The fraction of sp³-hybridized carbons (Fsp3) is 0.462. The van der Waals surface area contributed by atoms with Gasteiger partial charge in [0.2, 0.25) is 0 Å². The fourth-order valence-electron chi connectivity index (χ4n) is 1.96. The highest BCUT2D eigenvalue weighted by molar-refractivity contribution is 9.10. The van der Waals surface area contributed by atoms with E-state index in [0.29, 0.717) is 16.1 Å². The molecular weight excluding hydrogens is 299 g/mol. The summed E-state index contributed by atoms with van der Waals surface area (Å²) in [4.78, 5) is 14.3. The maximum atomic E-state index is 13.3. The first kappa shape index (κ1) is 13.3. The summed E-state index contributed by atoms with van der Waals surface area (Å²) in [5.74, 6) is -0.579. The molecule has 2 rings (SSSR count). The standard InChI is InChI=1S/C13H16BrFN2O/c1-2-5-17(8-3-4-8)13(18)9-6-12(16)11(15)7-10(9)14/h6-8H,2-5,16H2,1H3. The third kappa shape index (κ3) is 2.66. The van der Waals surface area contributed by atoms with Gasteiger partial charge in [0.05, 0.1) is 11.3 Å². The summed E-state index contributed by atoms with van der Waals surface area (Å²) in [6.07, 6.45) is 3.02. The van der Waals surface area contributed by atoms with E-state index in [-0.39, 0.29) is 11.6 Å². The van der Waals surface area contributed by atoms with Gasteiger partial charge in [-0.15, -0.1) is 0 Å². The second kappa shape index (κ2) is 5.26. The first-order valence-corrected chi connectivity index (χ1v) is 6.89. The molecule has 0 heterocycles. The second-order valence-electron chi connectivity index (χ2n) is 4.58. The predicted octanol–water partition coefficient (Wildman–Crippen LogP) is 3.19. The molecule has 1 aliphatic carbocycles. The molecule has 1 aromatic rings. The highest BCUT2D eigenvalue weighted by Gasteiger charge is 2.33. The Labute approximate surface area is 114 Å². The molecule has 3 nitrogen and oxygen atoms in total. The van der Waals surface area contributed by atoms with E-state index in [1.165, 1.54) is 12.1 Å². The van der Waals surface area contributed by atoms with Gasteiger partial charge in [-0.3, -0.25) is 4.79 Å². The van der Waals surface area contributed by atoms with Crippen LogP contribution in [0.2, 0.25) is 0 Å². The van der Waals surface area contributed by atoms with Crippen molar-refractivity contribution in [3.05, 3.63) is 28.0 Å². The van der Waals surface area contributed by atoms with Gasteiger partial charge >= 0.3 is 0 Å². The molecule has 0 unspecified atom stereocenters. The summed E-state index contributed by atoms with van der Waals surface area (Å²) in [7, 11) is 0. The second-order valence-corrected chi connectivity index (χ2v) is 5.44. The largest absolute Gasteiger partial charge is 0.396 e. The molecular formula is C13H16BrFN2O. The Bertz CT molecular complexity index is 474. The first-order valence-electron chi connectivity index (χ1n) is 6.10. The molecule has 0 aromatic heterocycles. The van der Waals surface area contributed by atoms with Crippen LogP contribution in [-0.2, 0) is 0 Å². The molecule has 2 N–H and O–H groups in total. The maximum Gasteiger partial charge on any atom is 0.255 e. The zero-order valence-electron chi connectivity index (χ0n) is 10.2. The van der Waals surface area contributed by atoms with Crippen LogP contribution in [0, 0.1) is 5.82 Å². The number of carbonyl (C=O) groups excluding carboxylic acids is 1. The molecule has 18 heavy (non-hydrogen) atoms. The third-order valence-electron chi connectivity index (χ3n) is 3.03. The van der Waals surface area contributed by atoms with Gasteiger partial charge in [-0.1, -0.05) is 6.92 Å². The zero-order valence-corrected chi connectivity index (χ0v) is 11.8. The van der Waals surface area contributed by atoms with Crippen LogP contribution >= 0.6 is 15.9 Å². The lowest BCUT2D eigenvalue weighted by atomic mass is 10.1. The van der Waals surface area contributed by atoms with Crippen molar-refractivity contribution in [3.8, 4) is 0 Å². The van der Waals surface area contributed by atoms with Gasteiger partial charge in [-0.2, -0.15) is 0 Å². The minimum Gasteiger partial charge on any atom is -0.396 e. The number of anilines is 1. The molecule has 1 aromatic carbocycles. The van der Waals surface area contributed by atoms with Crippen molar-refractivity contribution in [2.45, 2.75) is 32.2 Å². The Morgan fingerprint density at radius 2 is 2.22 bits per heavy atom. The van der Waals surface area contributed by atoms with Crippen molar-refractivity contribution in [1.29, 1.82) is 0 Å². The predicted molar refractivity (Wildman–Crippen MR) is 72.9 cm³/mol. The number of nitrogens with zero attached hydrogens (tertiary/aromatic N) is 1. The summed E-state index contributed by atoms with van der Waals surface area (Å²) in [6.45, 7) is 2.77. The number of rotatable bonds is 4. The summed E-state index contributed by atoms with van der Waals surface area (Å²) in [5, 5.41) is 0. The monoisotopic (exact) mass is 314 g/mol. The molecule has 98 valence electrons. The molecule has 5 heteroatoms. The van der Waals surface area contributed by atoms with Crippen LogP contribution in [0.5, 0.6) is 0 Å². The van der Waals surface area contributed by atoms with E-state index in [1.807, 2.05) is 11.8 Å². The van der Waals surface area contributed by atoms with E-state index >= 15 is 0 Å². The van der Waals surface area contributed by atoms with Crippen molar-refractivity contribution < 1.29 is 9.18 Å². The molecule has 0 atom stereocenters. The summed E-state index contributed by atoms with van der Waals surface area (Å²) in [5.41, 5.74) is 5.97. The summed E-state index contributed by atoms with van der Waals surface area (Å²) >= 11 is 3.23. The Balaban J connectivity index is 2.29. The van der Waals surface area contributed by atoms with E-state index in [9.17, 15) is 9.18 Å². The number of benzene rings is 1. The normalized spacial score (nSPS) is 14.6. The van der Waals surface area contributed by atoms with E-state index in [2.05, 4.69) is 15.9 Å². The van der Waals surface area contributed by atoms with Gasteiger partial charge in [0.25, 0.3) is 5.91 Å². The average Bonchev–Trinajstić information content (AvgIpc) is 3.14. The average molecular weight is 315 g/mol. The van der Waals surface area contributed by atoms with Gasteiger partial charge in [-0.05, 0) is 47.3 Å². The molecule has 1 fully saturated rings. The van der Waals surface area contributed by atoms with E-state index in [1.54, 1.807) is 0 Å². The van der Waals surface area contributed by atoms with E-state index in [0.717, 1.165) is 25.8 Å². The van der Waals surface area contributed by atoms with Gasteiger partial charge in [-0.25, -0.2) is 4.39 Å². The van der Waals surface area contributed by atoms with Crippen LogP contribution in [0.25, 0.3) is 0 Å². The molecule has 0 aliphatic heterocycles. The highest BCUT2D eigenvalue weighted by Crippen LogP contribution is 2.31. The fourth-order valence-corrected chi connectivity index (χ4v) is 2.45. The number of hydrogen-bond acceptors (Lipinski definition) is 2. The van der Waals surface area contributed by atoms with Crippen LogP contribution in [0.1, 0.15) is 36.5 Å². The molecule has 1 saturated carbocycles. The smallest absolute Gasteiger partial charge is 0.255 e. The van der Waals surface area contributed by atoms with Crippen LogP contribution in [0.15, 0.2) is 16.6 Å². The lowest BCUT2D eigenvalue weighted by Crippen LogP contribution is -2.34. The summed E-state index contributed by atoms with van der Waals surface area (Å²) in [6, 6.07) is 3.00. The van der Waals surface area contributed by atoms with Crippen LogP contribution in [0.4, 0.5) is 10.1 Å². The topological polar surface area (TPSA) is 46.3 Å². The SMILES string of the molecule is CCCN(C(=O)c1cc(N)c(F)cc1Br)C1CC1. The maximum absolute atomic E-state index is 13.3.